The van der Waals surface area contributed by atoms with Crippen molar-refractivity contribution in [3.05, 3.63) is 46.9 Å². The fraction of sp³-hybridized carbons (Fsp3) is 0.286. The van der Waals surface area contributed by atoms with Crippen molar-refractivity contribution in [1.29, 1.82) is 0 Å². The molecule has 1 saturated carbocycles. The maximum atomic E-state index is 13.5. The average Bonchev–Trinajstić information content (AvgIpc) is 3.18. The molecule has 1 fully saturated rings. The maximum absolute atomic E-state index is 13.5. The van der Waals surface area contributed by atoms with E-state index < -0.39 is 23.7 Å². The lowest BCUT2D eigenvalue weighted by atomic mass is 10.1. The van der Waals surface area contributed by atoms with Crippen molar-refractivity contribution in [3.63, 3.8) is 0 Å². The van der Waals surface area contributed by atoms with Gasteiger partial charge in [0.25, 0.3) is 12.3 Å². The minimum atomic E-state index is -2.91. The fourth-order valence-corrected chi connectivity index (χ4v) is 2.13. The van der Waals surface area contributed by atoms with Crippen molar-refractivity contribution >= 4 is 11.7 Å². The van der Waals surface area contributed by atoms with Crippen LogP contribution in [0.25, 0.3) is 0 Å². The molecule has 0 bridgehead atoms. The summed E-state index contributed by atoms with van der Waals surface area (Å²) in [7, 11) is 0. The smallest absolute Gasteiger partial charge is 0.266 e. The van der Waals surface area contributed by atoms with Gasteiger partial charge >= 0.3 is 0 Å². The van der Waals surface area contributed by atoms with Crippen LogP contribution < -0.4 is 5.32 Å². The molecule has 0 spiro atoms. The number of aromatic nitrogens is 2. The molecule has 0 unspecified atom stereocenters. The van der Waals surface area contributed by atoms with Gasteiger partial charge in [-0.2, -0.15) is 5.10 Å². The summed E-state index contributed by atoms with van der Waals surface area (Å²) < 4.78 is 38.4. The van der Waals surface area contributed by atoms with E-state index in [1.807, 2.05) is 0 Å². The van der Waals surface area contributed by atoms with Crippen LogP contribution in [0.15, 0.2) is 24.4 Å². The van der Waals surface area contributed by atoms with Crippen molar-refractivity contribution in [2.75, 3.05) is 5.32 Å². The van der Waals surface area contributed by atoms with Gasteiger partial charge in [-0.05, 0) is 37.0 Å². The van der Waals surface area contributed by atoms with E-state index in [4.69, 9.17) is 0 Å². The van der Waals surface area contributed by atoms with Gasteiger partial charge in [0.2, 0.25) is 0 Å². The number of hydrogen-bond donors (Lipinski definition) is 2. The van der Waals surface area contributed by atoms with Crippen LogP contribution in [0.1, 0.15) is 46.7 Å². The number of alkyl halides is 2. The molecule has 0 saturated heterocycles. The minimum Gasteiger partial charge on any atom is -0.307 e. The first-order valence-electron chi connectivity index (χ1n) is 6.48. The lowest BCUT2D eigenvalue weighted by Gasteiger charge is -2.07. The van der Waals surface area contributed by atoms with E-state index in [-0.39, 0.29) is 5.56 Å². The highest BCUT2D eigenvalue weighted by Crippen LogP contribution is 2.42. The third-order valence-electron chi connectivity index (χ3n) is 3.42. The molecule has 7 heteroatoms. The highest BCUT2D eigenvalue weighted by Gasteiger charge is 2.28. The Bertz CT molecular complexity index is 680. The Hall–Kier alpha value is -2.31. The second-order valence-corrected chi connectivity index (χ2v) is 4.97. The van der Waals surface area contributed by atoms with Gasteiger partial charge in [-0.15, -0.1) is 0 Å². The van der Waals surface area contributed by atoms with E-state index >= 15 is 0 Å². The molecule has 4 nitrogen and oxygen atoms in total. The van der Waals surface area contributed by atoms with Crippen LogP contribution in [0, 0.1) is 5.82 Å². The second kappa shape index (κ2) is 5.23. The topological polar surface area (TPSA) is 57.8 Å². The van der Waals surface area contributed by atoms with Gasteiger partial charge in [0.1, 0.15) is 11.6 Å². The number of carbonyl (C=O) groups excluding carboxylic acids is 1. The molecule has 0 radical (unpaired) electrons. The molecule has 3 rings (SSSR count). The van der Waals surface area contributed by atoms with E-state index in [0.29, 0.717) is 11.7 Å². The number of amides is 1. The standard InChI is InChI=1S/C14H12F3N3O/c15-11-5-8(3-4-9(11)12(16)17)14(21)19-13-10(6-18-20-13)7-1-2-7/h3-7,12H,1-2H2,(H2,18,19,20,21). The summed E-state index contributed by atoms with van der Waals surface area (Å²) in [6.45, 7) is 0. The molecule has 0 aliphatic heterocycles. The van der Waals surface area contributed by atoms with E-state index in [1.54, 1.807) is 6.20 Å². The van der Waals surface area contributed by atoms with Crippen LogP contribution in [0.2, 0.25) is 0 Å². The second-order valence-electron chi connectivity index (χ2n) is 4.97. The van der Waals surface area contributed by atoms with Gasteiger partial charge < -0.3 is 5.32 Å². The number of hydrogen-bond acceptors (Lipinski definition) is 2. The molecule has 2 N–H and O–H groups in total. The Morgan fingerprint density at radius 2 is 2.14 bits per heavy atom. The van der Waals surface area contributed by atoms with Gasteiger partial charge in [-0.3, -0.25) is 9.89 Å². The van der Waals surface area contributed by atoms with E-state index in [9.17, 15) is 18.0 Å². The van der Waals surface area contributed by atoms with Gasteiger partial charge in [0.15, 0.2) is 0 Å². The quantitative estimate of drug-likeness (QED) is 0.905. The molecular formula is C14H12F3N3O. The molecule has 1 heterocycles. The number of carbonyl (C=O) groups is 1. The molecule has 1 amide bonds. The van der Waals surface area contributed by atoms with Crippen molar-refractivity contribution in [3.8, 4) is 0 Å². The summed E-state index contributed by atoms with van der Waals surface area (Å²) >= 11 is 0. The lowest BCUT2D eigenvalue weighted by molar-refractivity contribution is 0.102. The molecule has 21 heavy (non-hydrogen) atoms. The Kier molecular flexibility index (Phi) is 3.40. The average molecular weight is 295 g/mol. The lowest BCUT2D eigenvalue weighted by Crippen LogP contribution is -2.14. The van der Waals surface area contributed by atoms with Crippen LogP contribution in [0.5, 0.6) is 0 Å². The molecular weight excluding hydrogens is 283 g/mol. The number of nitrogens with one attached hydrogen (secondary N) is 2. The summed E-state index contributed by atoms with van der Waals surface area (Å²) in [5.74, 6) is -0.802. The summed E-state index contributed by atoms with van der Waals surface area (Å²) in [5.41, 5.74) is 0.174. The number of rotatable bonds is 4. The zero-order chi connectivity index (χ0) is 15.0. The Morgan fingerprint density at radius 3 is 2.76 bits per heavy atom. The first kappa shape index (κ1) is 13.7. The molecule has 2 aromatic rings. The zero-order valence-electron chi connectivity index (χ0n) is 10.9. The van der Waals surface area contributed by atoms with Crippen LogP contribution in [-0.4, -0.2) is 16.1 Å². The van der Waals surface area contributed by atoms with E-state index in [2.05, 4.69) is 15.5 Å². The van der Waals surface area contributed by atoms with E-state index in [1.165, 1.54) is 6.07 Å². The summed E-state index contributed by atoms with van der Waals surface area (Å²) in [6.07, 6.45) is 0.824. The highest BCUT2D eigenvalue weighted by atomic mass is 19.3. The Labute approximate surface area is 118 Å². The van der Waals surface area contributed by atoms with Crippen molar-refractivity contribution in [2.45, 2.75) is 25.2 Å². The number of aromatic amines is 1. The Morgan fingerprint density at radius 1 is 1.38 bits per heavy atom. The zero-order valence-corrected chi connectivity index (χ0v) is 10.9. The summed E-state index contributed by atoms with van der Waals surface area (Å²) in [4.78, 5) is 12.0. The monoisotopic (exact) mass is 295 g/mol. The van der Waals surface area contributed by atoms with E-state index in [0.717, 1.165) is 30.5 Å². The third-order valence-corrected chi connectivity index (χ3v) is 3.42. The molecule has 1 aromatic heterocycles. The number of H-pyrrole nitrogens is 1. The largest absolute Gasteiger partial charge is 0.307 e. The highest BCUT2D eigenvalue weighted by molar-refractivity contribution is 6.04. The van der Waals surface area contributed by atoms with Crippen molar-refractivity contribution < 1.29 is 18.0 Å². The van der Waals surface area contributed by atoms with Crippen LogP contribution in [0.3, 0.4) is 0 Å². The normalized spacial score (nSPS) is 14.5. The minimum absolute atomic E-state index is 0.0201. The summed E-state index contributed by atoms with van der Waals surface area (Å²) in [6, 6.07) is 2.90. The van der Waals surface area contributed by atoms with Crippen LogP contribution >= 0.6 is 0 Å². The number of halogens is 3. The molecule has 110 valence electrons. The predicted molar refractivity (Wildman–Crippen MR) is 69.9 cm³/mol. The SMILES string of the molecule is O=C(Nc1[nH]ncc1C1CC1)c1ccc(C(F)F)c(F)c1. The first-order chi connectivity index (χ1) is 10.1. The number of nitrogens with zero attached hydrogens (tertiary/aromatic N) is 1. The predicted octanol–water partition coefficient (Wildman–Crippen LogP) is 3.62. The van der Waals surface area contributed by atoms with Gasteiger partial charge in [0, 0.05) is 11.1 Å². The maximum Gasteiger partial charge on any atom is 0.266 e. The van der Waals surface area contributed by atoms with Crippen LogP contribution in [-0.2, 0) is 0 Å². The van der Waals surface area contributed by atoms with Gasteiger partial charge in [-0.25, -0.2) is 13.2 Å². The van der Waals surface area contributed by atoms with Crippen molar-refractivity contribution in [2.24, 2.45) is 0 Å². The van der Waals surface area contributed by atoms with Crippen LogP contribution in [0.4, 0.5) is 19.0 Å². The molecule has 1 aliphatic rings. The summed E-state index contributed by atoms with van der Waals surface area (Å²) in [5, 5.41) is 9.14. The van der Waals surface area contributed by atoms with Gasteiger partial charge in [-0.1, -0.05) is 0 Å². The Balaban J connectivity index is 1.79. The molecule has 1 aromatic carbocycles. The van der Waals surface area contributed by atoms with Gasteiger partial charge in [0.05, 0.1) is 11.8 Å². The van der Waals surface area contributed by atoms with Crippen molar-refractivity contribution in [1.82, 2.24) is 10.2 Å². The number of benzene rings is 1. The number of anilines is 1. The fourth-order valence-electron chi connectivity index (χ4n) is 2.13. The first-order valence-corrected chi connectivity index (χ1v) is 6.48. The molecule has 0 atom stereocenters. The third kappa shape index (κ3) is 2.76. The molecule has 1 aliphatic carbocycles.